The first kappa shape index (κ1) is 15.9. The van der Waals surface area contributed by atoms with Crippen molar-refractivity contribution in [1.29, 1.82) is 0 Å². The van der Waals surface area contributed by atoms with E-state index in [2.05, 4.69) is 4.90 Å². The van der Waals surface area contributed by atoms with Gasteiger partial charge in [0.1, 0.15) is 11.4 Å². The van der Waals surface area contributed by atoms with Gasteiger partial charge < -0.3 is 14.9 Å². The Morgan fingerprint density at radius 1 is 1.40 bits per heavy atom. The van der Waals surface area contributed by atoms with Crippen molar-refractivity contribution >= 4 is 23.2 Å². The SMILES string of the molecule is COc1c(Cl)cc(Cl)cc1CN1CCC[C@@](O)(CO)C1. The largest absolute Gasteiger partial charge is 0.495 e. The molecule has 1 fully saturated rings. The van der Waals surface area contributed by atoms with E-state index >= 15 is 0 Å². The predicted molar refractivity (Wildman–Crippen MR) is 79.6 cm³/mol. The molecule has 0 bridgehead atoms. The van der Waals surface area contributed by atoms with Crippen LogP contribution in [0, 0.1) is 0 Å². The minimum Gasteiger partial charge on any atom is -0.495 e. The molecule has 0 spiro atoms. The zero-order chi connectivity index (χ0) is 14.8. The maximum atomic E-state index is 10.2. The molecule has 0 radical (unpaired) electrons. The van der Waals surface area contributed by atoms with Crippen LogP contribution in [0.3, 0.4) is 0 Å². The summed E-state index contributed by atoms with van der Waals surface area (Å²) < 4.78 is 5.32. The molecule has 1 saturated heterocycles. The third-order valence-corrected chi connectivity index (χ3v) is 4.11. The monoisotopic (exact) mass is 319 g/mol. The van der Waals surface area contributed by atoms with Gasteiger partial charge in [0, 0.05) is 23.7 Å². The molecule has 1 heterocycles. The van der Waals surface area contributed by atoms with Crippen molar-refractivity contribution < 1.29 is 14.9 Å². The molecule has 6 heteroatoms. The van der Waals surface area contributed by atoms with Gasteiger partial charge in [0.2, 0.25) is 0 Å². The molecule has 20 heavy (non-hydrogen) atoms. The molecule has 4 nitrogen and oxygen atoms in total. The zero-order valence-electron chi connectivity index (χ0n) is 11.4. The van der Waals surface area contributed by atoms with Crippen LogP contribution < -0.4 is 4.74 Å². The Bertz CT molecular complexity index is 484. The highest BCUT2D eigenvalue weighted by Gasteiger charge is 2.32. The fourth-order valence-corrected chi connectivity index (χ4v) is 3.28. The summed E-state index contributed by atoms with van der Waals surface area (Å²) >= 11 is 12.2. The van der Waals surface area contributed by atoms with Crippen LogP contribution in [0.15, 0.2) is 12.1 Å². The fraction of sp³-hybridized carbons (Fsp3) is 0.571. The van der Waals surface area contributed by atoms with Crippen molar-refractivity contribution in [3.63, 3.8) is 0 Å². The van der Waals surface area contributed by atoms with Crippen molar-refractivity contribution in [2.75, 3.05) is 26.8 Å². The van der Waals surface area contributed by atoms with E-state index in [1.165, 1.54) is 0 Å². The van der Waals surface area contributed by atoms with Gasteiger partial charge in [-0.1, -0.05) is 23.2 Å². The molecule has 1 aliphatic rings. The van der Waals surface area contributed by atoms with Gasteiger partial charge in [0.15, 0.2) is 0 Å². The molecule has 0 saturated carbocycles. The summed E-state index contributed by atoms with van der Waals surface area (Å²) in [6.45, 7) is 1.63. The average molecular weight is 320 g/mol. The molecule has 0 aromatic heterocycles. The first-order chi connectivity index (χ1) is 9.47. The Hall–Kier alpha value is -0.520. The minimum atomic E-state index is -1.02. The number of hydrogen-bond acceptors (Lipinski definition) is 4. The van der Waals surface area contributed by atoms with E-state index in [1.54, 1.807) is 13.2 Å². The molecule has 2 rings (SSSR count). The molecule has 0 aliphatic carbocycles. The van der Waals surface area contributed by atoms with E-state index in [4.69, 9.17) is 27.9 Å². The van der Waals surface area contributed by atoms with Gasteiger partial charge >= 0.3 is 0 Å². The van der Waals surface area contributed by atoms with Gasteiger partial charge in [0.05, 0.1) is 18.7 Å². The number of aliphatic hydroxyl groups excluding tert-OH is 1. The van der Waals surface area contributed by atoms with Crippen LogP contribution in [-0.2, 0) is 6.54 Å². The number of nitrogens with zero attached hydrogens (tertiary/aromatic N) is 1. The summed E-state index contributed by atoms with van der Waals surface area (Å²) in [5.74, 6) is 0.606. The fourth-order valence-electron chi connectivity index (χ4n) is 2.67. The zero-order valence-corrected chi connectivity index (χ0v) is 12.9. The number of rotatable bonds is 4. The smallest absolute Gasteiger partial charge is 0.142 e. The molecule has 1 aliphatic heterocycles. The highest BCUT2D eigenvalue weighted by Crippen LogP contribution is 2.34. The van der Waals surface area contributed by atoms with Crippen LogP contribution in [0.5, 0.6) is 5.75 Å². The van der Waals surface area contributed by atoms with Gasteiger partial charge in [0.25, 0.3) is 0 Å². The van der Waals surface area contributed by atoms with E-state index in [0.717, 1.165) is 18.5 Å². The summed E-state index contributed by atoms with van der Waals surface area (Å²) in [4.78, 5) is 2.07. The molecule has 1 aromatic carbocycles. The lowest BCUT2D eigenvalue weighted by atomic mass is 9.93. The Labute approximate surface area is 128 Å². The van der Waals surface area contributed by atoms with Crippen molar-refractivity contribution in [2.24, 2.45) is 0 Å². The maximum absolute atomic E-state index is 10.2. The second-order valence-corrected chi connectivity index (χ2v) is 6.12. The lowest BCUT2D eigenvalue weighted by molar-refractivity contribution is -0.0688. The summed E-state index contributed by atoms with van der Waals surface area (Å²) in [5, 5.41) is 20.5. The molecular weight excluding hydrogens is 301 g/mol. The summed E-state index contributed by atoms with van der Waals surface area (Å²) in [7, 11) is 1.57. The van der Waals surface area contributed by atoms with Gasteiger partial charge in [-0.2, -0.15) is 0 Å². The molecule has 2 N–H and O–H groups in total. The van der Waals surface area contributed by atoms with Crippen LogP contribution in [0.1, 0.15) is 18.4 Å². The number of benzene rings is 1. The third kappa shape index (κ3) is 3.57. The summed E-state index contributed by atoms with van der Waals surface area (Å²) in [6.07, 6.45) is 1.46. The second-order valence-electron chi connectivity index (χ2n) is 5.28. The van der Waals surface area contributed by atoms with E-state index < -0.39 is 5.60 Å². The number of piperidine rings is 1. The van der Waals surface area contributed by atoms with Crippen LogP contribution in [0.2, 0.25) is 10.0 Å². The van der Waals surface area contributed by atoms with Crippen LogP contribution in [-0.4, -0.2) is 47.5 Å². The van der Waals surface area contributed by atoms with E-state index in [1.807, 2.05) is 6.07 Å². The van der Waals surface area contributed by atoms with Gasteiger partial charge in [-0.25, -0.2) is 0 Å². The van der Waals surface area contributed by atoms with Gasteiger partial charge in [-0.3, -0.25) is 4.90 Å². The van der Waals surface area contributed by atoms with Crippen molar-refractivity contribution in [3.05, 3.63) is 27.7 Å². The minimum absolute atomic E-state index is 0.225. The highest BCUT2D eigenvalue weighted by molar-refractivity contribution is 6.35. The molecule has 112 valence electrons. The first-order valence-electron chi connectivity index (χ1n) is 6.55. The molecule has 0 amide bonds. The second kappa shape index (κ2) is 6.50. The third-order valence-electron chi connectivity index (χ3n) is 3.61. The van der Waals surface area contributed by atoms with E-state index in [9.17, 15) is 10.2 Å². The first-order valence-corrected chi connectivity index (χ1v) is 7.30. The average Bonchev–Trinajstić information content (AvgIpc) is 2.38. The lowest BCUT2D eigenvalue weighted by Gasteiger charge is -2.38. The van der Waals surface area contributed by atoms with Crippen LogP contribution >= 0.6 is 23.2 Å². The Morgan fingerprint density at radius 2 is 2.15 bits per heavy atom. The number of methoxy groups -OCH3 is 1. The number of likely N-dealkylation sites (tertiary alicyclic amines) is 1. The number of ether oxygens (including phenoxy) is 1. The number of aliphatic hydroxyl groups is 2. The highest BCUT2D eigenvalue weighted by atomic mass is 35.5. The predicted octanol–water partition coefficient (Wildman–Crippen LogP) is 2.32. The van der Waals surface area contributed by atoms with E-state index in [0.29, 0.717) is 35.3 Å². The Kier molecular flexibility index (Phi) is 5.15. The standard InChI is InChI=1S/C14H19Cl2NO3/c1-20-13-10(5-11(15)6-12(13)16)7-17-4-2-3-14(19,8-17)9-18/h5-6,18-19H,2-4,7-9H2,1H3/t14-/m0/s1. The Balaban J connectivity index is 2.17. The molecule has 1 atom stereocenters. The van der Waals surface area contributed by atoms with Crippen molar-refractivity contribution in [2.45, 2.75) is 25.0 Å². The van der Waals surface area contributed by atoms with Crippen LogP contribution in [0.25, 0.3) is 0 Å². The topological polar surface area (TPSA) is 52.9 Å². The van der Waals surface area contributed by atoms with E-state index in [-0.39, 0.29) is 6.61 Å². The van der Waals surface area contributed by atoms with Gasteiger partial charge in [-0.05, 0) is 31.5 Å². The lowest BCUT2D eigenvalue weighted by Crippen LogP contribution is -2.50. The number of β-amino-alcohol motifs (C(OH)–C–C–N with tert-alkyl or cyclic N) is 1. The van der Waals surface area contributed by atoms with Gasteiger partial charge in [-0.15, -0.1) is 0 Å². The summed E-state index contributed by atoms with van der Waals surface area (Å²) in [5.41, 5.74) is -0.138. The molecule has 0 unspecified atom stereocenters. The van der Waals surface area contributed by atoms with Crippen molar-refractivity contribution in [3.8, 4) is 5.75 Å². The maximum Gasteiger partial charge on any atom is 0.142 e. The molecular formula is C14H19Cl2NO3. The summed E-state index contributed by atoms with van der Waals surface area (Å²) in [6, 6.07) is 3.46. The number of halogens is 2. The normalized spacial score (nSPS) is 23.9. The Morgan fingerprint density at radius 3 is 2.80 bits per heavy atom. The number of hydrogen-bond donors (Lipinski definition) is 2. The quantitative estimate of drug-likeness (QED) is 0.894. The molecule has 1 aromatic rings. The van der Waals surface area contributed by atoms with Crippen LogP contribution in [0.4, 0.5) is 0 Å². The van der Waals surface area contributed by atoms with Crippen molar-refractivity contribution in [1.82, 2.24) is 4.90 Å².